The first-order valence-electron chi connectivity index (χ1n) is 8.89. The fourth-order valence-corrected chi connectivity index (χ4v) is 4.15. The average Bonchev–Trinajstić information content (AvgIpc) is 3.38. The number of carbonyl (C=O) groups is 1. The summed E-state index contributed by atoms with van der Waals surface area (Å²) in [6, 6.07) is 17.3. The summed E-state index contributed by atoms with van der Waals surface area (Å²) in [5.74, 6) is 0.138. The van der Waals surface area contributed by atoms with Gasteiger partial charge in [0.25, 0.3) is 0 Å². The monoisotopic (exact) mass is 386 g/mol. The summed E-state index contributed by atoms with van der Waals surface area (Å²) in [5.41, 5.74) is 10.6. The van der Waals surface area contributed by atoms with Crippen molar-refractivity contribution < 1.29 is 4.79 Å². The minimum Gasteiger partial charge on any atom is -0.384 e. The summed E-state index contributed by atoms with van der Waals surface area (Å²) in [6.45, 7) is 0. The number of nitrogens with one attached hydrogen (secondary N) is 2. The predicted molar refractivity (Wildman–Crippen MR) is 111 cm³/mol. The molecular weight excluding hydrogens is 368 g/mol. The number of amidine groups is 1. The van der Waals surface area contributed by atoms with Crippen LogP contribution in [0.15, 0.2) is 59.3 Å². The largest absolute Gasteiger partial charge is 0.384 e. The minimum atomic E-state index is -0.0658. The van der Waals surface area contributed by atoms with Gasteiger partial charge in [-0.2, -0.15) is 16.6 Å². The second-order valence-corrected chi connectivity index (χ2v) is 7.61. The molecule has 3 aromatic rings. The van der Waals surface area contributed by atoms with Gasteiger partial charge in [0.1, 0.15) is 11.9 Å². The second kappa shape index (κ2) is 7.29. The molecule has 2 aromatic carbocycles. The number of anilines is 1. The van der Waals surface area contributed by atoms with Gasteiger partial charge in [-0.1, -0.05) is 30.3 Å². The first-order chi connectivity index (χ1) is 13.6. The number of nitrogens with zero attached hydrogens (tertiary/aromatic N) is 1. The summed E-state index contributed by atoms with van der Waals surface area (Å²) in [6.07, 6.45) is 0.797. The van der Waals surface area contributed by atoms with Gasteiger partial charge in [-0.15, -0.1) is 0 Å². The van der Waals surface area contributed by atoms with E-state index in [0.29, 0.717) is 11.1 Å². The van der Waals surface area contributed by atoms with Crippen LogP contribution in [0.5, 0.6) is 0 Å². The molecule has 4 N–H and O–H groups in total. The van der Waals surface area contributed by atoms with Crippen LogP contribution in [0.2, 0.25) is 0 Å². The number of rotatable bonds is 5. The van der Waals surface area contributed by atoms with Crippen LogP contribution < -0.4 is 11.1 Å². The quantitative estimate of drug-likeness (QED) is 0.449. The molecule has 1 fully saturated rings. The van der Waals surface area contributed by atoms with E-state index in [9.17, 15) is 4.79 Å². The molecule has 0 aliphatic heterocycles. The van der Waals surface area contributed by atoms with E-state index in [1.54, 1.807) is 6.07 Å². The highest BCUT2D eigenvalue weighted by atomic mass is 32.1. The zero-order valence-corrected chi connectivity index (χ0v) is 15.8. The Morgan fingerprint density at radius 3 is 2.71 bits per heavy atom. The van der Waals surface area contributed by atoms with E-state index in [0.717, 1.165) is 28.8 Å². The molecule has 28 heavy (non-hydrogen) atoms. The van der Waals surface area contributed by atoms with Gasteiger partial charge in [-0.25, -0.2) is 0 Å². The lowest BCUT2D eigenvalue weighted by molar-refractivity contribution is -0.117. The highest BCUT2D eigenvalue weighted by Gasteiger charge is 2.44. The number of nitrogens with two attached hydrogens (primary N) is 1. The molecule has 2 atom stereocenters. The third-order valence-corrected chi connectivity index (χ3v) is 5.74. The number of nitrogen functional groups attached to an aromatic ring is 1. The standard InChI is InChI=1S/C22H18N4OS/c23-10-16-11-28-12-20(16)13-4-6-17(7-5-13)26-22(27)19-9-18(19)14-2-1-3-15(8-14)21(24)25/h1-8,11-12,18-19H,9H2,(H3,24,25)(H,26,27)/t18-,19-/m1/s1. The third-order valence-electron chi connectivity index (χ3n) is 5.00. The molecule has 1 aliphatic carbocycles. The van der Waals surface area contributed by atoms with E-state index in [2.05, 4.69) is 11.4 Å². The molecule has 0 spiro atoms. The minimum absolute atomic E-state index is 0.000717. The van der Waals surface area contributed by atoms with Gasteiger partial charge in [-0.05, 0) is 47.0 Å². The van der Waals surface area contributed by atoms with Crippen molar-refractivity contribution in [2.24, 2.45) is 11.7 Å². The number of benzene rings is 2. The van der Waals surface area contributed by atoms with Crippen LogP contribution >= 0.6 is 11.3 Å². The van der Waals surface area contributed by atoms with Crippen LogP contribution in [0.3, 0.4) is 0 Å². The van der Waals surface area contributed by atoms with Crippen LogP contribution in [0, 0.1) is 22.7 Å². The van der Waals surface area contributed by atoms with Crippen LogP contribution in [-0.2, 0) is 4.79 Å². The number of thiophene rings is 1. The van der Waals surface area contributed by atoms with Gasteiger partial charge >= 0.3 is 0 Å². The van der Waals surface area contributed by atoms with Gasteiger partial charge in [0.15, 0.2) is 0 Å². The maximum atomic E-state index is 12.6. The van der Waals surface area contributed by atoms with E-state index in [1.165, 1.54) is 11.3 Å². The molecule has 0 unspecified atom stereocenters. The molecule has 1 heterocycles. The average molecular weight is 386 g/mol. The van der Waals surface area contributed by atoms with E-state index >= 15 is 0 Å². The van der Waals surface area contributed by atoms with Crippen LogP contribution in [0.25, 0.3) is 11.1 Å². The molecule has 138 valence electrons. The lowest BCUT2D eigenvalue weighted by atomic mass is 10.0. The molecule has 1 amide bonds. The number of hydrogen-bond acceptors (Lipinski definition) is 4. The Morgan fingerprint density at radius 1 is 1.21 bits per heavy atom. The number of amides is 1. The molecule has 0 bridgehead atoms. The normalized spacial score (nSPS) is 17.5. The number of hydrogen-bond donors (Lipinski definition) is 3. The van der Waals surface area contributed by atoms with Gasteiger partial charge in [-0.3, -0.25) is 10.2 Å². The van der Waals surface area contributed by atoms with Crippen LogP contribution in [0.4, 0.5) is 5.69 Å². The summed E-state index contributed by atoms with van der Waals surface area (Å²) < 4.78 is 0. The Labute approximate surface area is 166 Å². The Kier molecular flexibility index (Phi) is 4.68. The summed E-state index contributed by atoms with van der Waals surface area (Å²) in [7, 11) is 0. The second-order valence-electron chi connectivity index (χ2n) is 6.87. The van der Waals surface area contributed by atoms with Crippen molar-refractivity contribution in [3.8, 4) is 17.2 Å². The topological polar surface area (TPSA) is 103 Å². The fourth-order valence-electron chi connectivity index (χ4n) is 3.37. The maximum Gasteiger partial charge on any atom is 0.228 e. The summed E-state index contributed by atoms with van der Waals surface area (Å²) >= 11 is 1.50. The molecule has 1 aliphatic rings. The van der Waals surface area contributed by atoms with Gasteiger partial charge in [0.2, 0.25) is 5.91 Å². The van der Waals surface area contributed by atoms with Gasteiger partial charge in [0, 0.05) is 28.1 Å². The van der Waals surface area contributed by atoms with Crippen molar-refractivity contribution in [1.29, 1.82) is 10.7 Å². The zero-order chi connectivity index (χ0) is 19.7. The van der Waals surface area contributed by atoms with Gasteiger partial charge < -0.3 is 11.1 Å². The number of nitriles is 1. The maximum absolute atomic E-state index is 12.6. The first kappa shape index (κ1) is 18.0. The molecule has 6 heteroatoms. The lowest BCUT2D eigenvalue weighted by Gasteiger charge is -2.07. The predicted octanol–water partition coefficient (Wildman–Crippen LogP) is 4.31. The third kappa shape index (κ3) is 3.53. The molecule has 0 saturated heterocycles. The summed E-state index contributed by atoms with van der Waals surface area (Å²) in [4.78, 5) is 12.6. The van der Waals surface area contributed by atoms with Crippen molar-refractivity contribution in [1.82, 2.24) is 0 Å². The Morgan fingerprint density at radius 2 is 2.00 bits per heavy atom. The molecule has 1 saturated carbocycles. The molecule has 1 aromatic heterocycles. The van der Waals surface area contributed by atoms with E-state index in [1.807, 2.05) is 53.2 Å². The highest BCUT2D eigenvalue weighted by molar-refractivity contribution is 7.08. The Balaban J connectivity index is 1.42. The fraction of sp³-hybridized carbons (Fsp3) is 0.136. The van der Waals surface area contributed by atoms with Crippen molar-refractivity contribution in [2.45, 2.75) is 12.3 Å². The highest BCUT2D eigenvalue weighted by Crippen LogP contribution is 2.48. The number of carbonyl (C=O) groups excluding carboxylic acids is 1. The molecule has 5 nitrogen and oxygen atoms in total. The molecule has 0 radical (unpaired) electrons. The van der Waals surface area contributed by atoms with Crippen LogP contribution in [-0.4, -0.2) is 11.7 Å². The molecule has 4 rings (SSSR count). The van der Waals surface area contributed by atoms with Crippen molar-refractivity contribution >= 4 is 28.8 Å². The Hall–Kier alpha value is -3.43. The summed E-state index contributed by atoms with van der Waals surface area (Å²) in [5, 5.41) is 23.5. The Bertz CT molecular complexity index is 1090. The lowest BCUT2D eigenvalue weighted by Crippen LogP contribution is -2.14. The van der Waals surface area contributed by atoms with Gasteiger partial charge in [0.05, 0.1) is 5.56 Å². The van der Waals surface area contributed by atoms with Crippen molar-refractivity contribution in [3.63, 3.8) is 0 Å². The van der Waals surface area contributed by atoms with Crippen molar-refractivity contribution in [3.05, 3.63) is 76.0 Å². The SMILES string of the molecule is N#Cc1cscc1-c1ccc(NC(=O)[C@@H]2C[C@@H]2c2cccc(C(=N)N)c2)cc1. The van der Waals surface area contributed by atoms with E-state index < -0.39 is 0 Å². The van der Waals surface area contributed by atoms with Crippen LogP contribution in [0.1, 0.15) is 29.0 Å². The smallest absolute Gasteiger partial charge is 0.228 e. The molecular formula is C22H18N4OS. The zero-order valence-electron chi connectivity index (χ0n) is 15.0. The van der Waals surface area contributed by atoms with E-state index in [4.69, 9.17) is 16.4 Å². The van der Waals surface area contributed by atoms with E-state index in [-0.39, 0.29) is 23.6 Å². The van der Waals surface area contributed by atoms with Crippen molar-refractivity contribution in [2.75, 3.05) is 5.32 Å². The first-order valence-corrected chi connectivity index (χ1v) is 9.83.